The van der Waals surface area contributed by atoms with Gasteiger partial charge in [-0.25, -0.2) is 4.79 Å². The molecule has 0 saturated carbocycles. The van der Waals surface area contributed by atoms with Crippen LogP contribution in [0.1, 0.15) is 24.0 Å². The first-order chi connectivity index (χ1) is 12.2. The van der Waals surface area contributed by atoms with Crippen LogP contribution in [0.5, 0.6) is 0 Å². The number of hydrogen-bond acceptors (Lipinski definition) is 4. The van der Waals surface area contributed by atoms with E-state index in [0.717, 1.165) is 37.1 Å². The molecule has 2 aromatic carbocycles. The third-order valence-electron chi connectivity index (χ3n) is 4.81. The van der Waals surface area contributed by atoms with Gasteiger partial charge in [0, 0.05) is 13.7 Å². The Labute approximate surface area is 161 Å². The monoisotopic (exact) mass is 375 g/mol. The van der Waals surface area contributed by atoms with Crippen LogP contribution < -0.4 is 0 Å². The topological polar surface area (TPSA) is 38.8 Å². The van der Waals surface area contributed by atoms with Gasteiger partial charge in [0.15, 0.2) is 0 Å². The Morgan fingerprint density at radius 3 is 2.04 bits per heavy atom. The molecule has 5 heteroatoms. The number of benzene rings is 2. The van der Waals surface area contributed by atoms with E-state index in [1.807, 2.05) is 60.7 Å². The van der Waals surface area contributed by atoms with Crippen molar-refractivity contribution in [2.75, 3.05) is 27.2 Å². The van der Waals surface area contributed by atoms with Crippen LogP contribution in [0.4, 0.5) is 0 Å². The summed E-state index contributed by atoms with van der Waals surface area (Å²) in [6.45, 7) is 1.80. The number of piperidine rings is 1. The zero-order valence-electron chi connectivity index (χ0n) is 15.3. The van der Waals surface area contributed by atoms with Crippen LogP contribution in [0, 0.1) is 0 Å². The summed E-state index contributed by atoms with van der Waals surface area (Å²) >= 11 is 0. The van der Waals surface area contributed by atoms with Crippen molar-refractivity contribution in [3.63, 3.8) is 0 Å². The van der Waals surface area contributed by atoms with Crippen LogP contribution in [-0.4, -0.2) is 44.2 Å². The van der Waals surface area contributed by atoms with Crippen molar-refractivity contribution in [2.45, 2.75) is 24.5 Å². The van der Waals surface area contributed by atoms with E-state index in [4.69, 9.17) is 9.47 Å². The van der Waals surface area contributed by atoms with Gasteiger partial charge in [-0.05, 0) is 37.6 Å². The zero-order valence-corrected chi connectivity index (χ0v) is 16.1. The standard InChI is InChI=1S/C21H25NO3.ClH/c1-22-15-9-14-19(16-22)25-20(23)21(24-2,17-10-5-3-6-11-17)18-12-7-4-8-13-18;/h3-8,10-13,19H,9,14-16H2,1-2H3;1H. The molecule has 0 aliphatic carbocycles. The van der Waals surface area contributed by atoms with Crippen molar-refractivity contribution >= 4 is 18.4 Å². The minimum absolute atomic E-state index is 0. The zero-order chi connectivity index (χ0) is 17.7. The van der Waals surface area contributed by atoms with Crippen molar-refractivity contribution < 1.29 is 14.3 Å². The fraction of sp³-hybridized carbons (Fsp3) is 0.381. The van der Waals surface area contributed by atoms with Gasteiger partial charge < -0.3 is 14.4 Å². The van der Waals surface area contributed by atoms with Gasteiger partial charge in [-0.3, -0.25) is 0 Å². The highest BCUT2D eigenvalue weighted by Gasteiger charge is 2.45. The molecular formula is C21H26ClNO3. The highest BCUT2D eigenvalue weighted by atomic mass is 35.5. The number of carbonyl (C=O) groups is 1. The first kappa shape index (κ1) is 20.4. The van der Waals surface area contributed by atoms with Crippen LogP contribution in [-0.2, 0) is 19.9 Å². The highest BCUT2D eigenvalue weighted by molar-refractivity contribution is 5.86. The maximum absolute atomic E-state index is 13.3. The molecule has 0 N–H and O–H groups in total. The van der Waals surface area contributed by atoms with Crippen molar-refractivity contribution in [1.82, 2.24) is 4.90 Å². The molecule has 0 radical (unpaired) electrons. The molecule has 2 aromatic rings. The lowest BCUT2D eigenvalue weighted by molar-refractivity contribution is -0.173. The van der Waals surface area contributed by atoms with E-state index < -0.39 is 5.60 Å². The molecule has 1 unspecified atom stereocenters. The minimum Gasteiger partial charge on any atom is -0.458 e. The van der Waals surface area contributed by atoms with Gasteiger partial charge in [0.25, 0.3) is 0 Å². The molecular weight excluding hydrogens is 350 g/mol. The number of methoxy groups -OCH3 is 1. The van der Waals surface area contributed by atoms with Gasteiger partial charge in [0.2, 0.25) is 5.60 Å². The Balaban J connectivity index is 0.00000243. The summed E-state index contributed by atoms with van der Waals surface area (Å²) in [7, 11) is 3.62. The lowest BCUT2D eigenvalue weighted by Gasteiger charge is -2.35. The van der Waals surface area contributed by atoms with E-state index in [1.165, 1.54) is 0 Å². The van der Waals surface area contributed by atoms with Crippen molar-refractivity contribution in [3.05, 3.63) is 71.8 Å². The molecule has 4 nitrogen and oxygen atoms in total. The summed E-state index contributed by atoms with van der Waals surface area (Å²) in [6, 6.07) is 19.1. The largest absolute Gasteiger partial charge is 0.458 e. The molecule has 1 heterocycles. The quantitative estimate of drug-likeness (QED) is 0.748. The van der Waals surface area contributed by atoms with Crippen molar-refractivity contribution in [3.8, 4) is 0 Å². The first-order valence-corrected chi connectivity index (χ1v) is 8.72. The van der Waals surface area contributed by atoms with Crippen LogP contribution in [0.3, 0.4) is 0 Å². The number of halogens is 1. The Hall–Kier alpha value is -1.88. The SMILES string of the molecule is COC(C(=O)OC1CCCN(C)C1)(c1ccccc1)c1ccccc1.Cl. The second-order valence-electron chi connectivity index (χ2n) is 6.55. The smallest absolute Gasteiger partial charge is 0.348 e. The maximum Gasteiger partial charge on any atom is 0.348 e. The Morgan fingerprint density at radius 1 is 1.04 bits per heavy atom. The summed E-state index contributed by atoms with van der Waals surface area (Å²) in [5.41, 5.74) is 0.300. The average molecular weight is 376 g/mol. The second-order valence-corrected chi connectivity index (χ2v) is 6.55. The van der Waals surface area contributed by atoms with E-state index in [-0.39, 0.29) is 24.5 Å². The number of esters is 1. The van der Waals surface area contributed by atoms with Gasteiger partial charge in [0.1, 0.15) is 6.10 Å². The number of ether oxygens (including phenoxy) is 2. The third-order valence-corrected chi connectivity index (χ3v) is 4.81. The molecule has 0 spiro atoms. The van der Waals surface area contributed by atoms with Crippen LogP contribution in [0.25, 0.3) is 0 Å². The Morgan fingerprint density at radius 2 is 1.58 bits per heavy atom. The first-order valence-electron chi connectivity index (χ1n) is 8.72. The molecule has 3 rings (SSSR count). The van der Waals surface area contributed by atoms with Crippen LogP contribution >= 0.6 is 12.4 Å². The summed E-state index contributed by atoms with van der Waals surface area (Å²) < 4.78 is 11.8. The molecule has 1 atom stereocenters. The van der Waals surface area contributed by atoms with E-state index in [9.17, 15) is 4.79 Å². The van der Waals surface area contributed by atoms with Gasteiger partial charge in [0.05, 0.1) is 0 Å². The predicted molar refractivity (Wildman–Crippen MR) is 105 cm³/mol. The summed E-state index contributed by atoms with van der Waals surface area (Å²) in [6.07, 6.45) is 1.82. The Kier molecular flexibility index (Phi) is 7.21. The molecule has 1 saturated heterocycles. The summed E-state index contributed by atoms with van der Waals surface area (Å²) in [5, 5.41) is 0. The van der Waals surface area contributed by atoms with Gasteiger partial charge in [-0.1, -0.05) is 60.7 Å². The lowest BCUT2D eigenvalue weighted by atomic mass is 9.86. The highest BCUT2D eigenvalue weighted by Crippen LogP contribution is 2.35. The molecule has 1 aliphatic rings. The van der Waals surface area contributed by atoms with Crippen LogP contribution in [0.2, 0.25) is 0 Å². The molecule has 1 aliphatic heterocycles. The number of likely N-dealkylation sites (N-methyl/N-ethyl adjacent to an activating group) is 1. The lowest BCUT2D eigenvalue weighted by Crippen LogP contribution is -2.45. The number of rotatable bonds is 5. The number of hydrogen-bond donors (Lipinski definition) is 0. The van der Waals surface area contributed by atoms with Crippen molar-refractivity contribution in [2.24, 2.45) is 0 Å². The van der Waals surface area contributed by atoms with Gasteiger partial charge >= 0.3 is 5.97 Å². The van der Waals surface area contributed by atoms with Gasteiger partial charge in [-0.15, -0.1) is 12.4 Å². The van der Waals surface area contributed by atoms with Crippen molar-refractivity contribution in [1.29, 1.82) is 0 Å². The molecule has 0 bridgehead atoms. The van der Waals surface area contributed by atoms with E-state index in [2.05, 4.69) is 11.9 Å². The predicted octanol–water partition coefficient (Wildman–Crippen LogP) is 3.64. The summed E-state index contributed by atoms with van der Waals surface area (Å²) in [4.78, 5) is 15.5. The number of likely N-dealkylation sites (tertiary alicyclic amines) is 1. The molecule has 26 heavy (non-hydrogen) atoms. The maximum atomic E-state index is 13.3. The van der Waals surface area contributed by atoms with E-state index >= 15 is 0 Å². The van der Waals surface area contributed by atoms with E-state index in [0.29, 0.717) is 0 Å². The van der Waals surface area contributed by atoms with Crippen LogP contribution in [0.15, 0.2) is 60.7 Å². The fourth-order valence-corrected chi connectivity index (χ4v) is 3.52. The number of nitrogens with zero attached hydrogens (tertiary/aromatic N) is 1. The molecule has 140 valence electrons. The van der Waals surface area contributed by atoms with Gasteiger partial charge in [-0.2, -0.15) is 0 Å². The minimum atomic E-state index is -1.25. The summed E-state index contributed by atoms with van der Waals surface area (Å²) in [5.74, 6) is -0.354. The normalized spacial score (nSPS) is 18.0. The molecule has 0 amide bonds. The number of carbonyl (C=O) groups excluding carboxylic acids is 1. The molecule has 1 fully saturated rings. The fourth-order valence-electron chi connectivity index (χ4n) is 3.52. The Bertz CT molecular complexity index is 653. The second kappa shape index (κ2) is 9.17. The molecule has 0 aromatic heterocycles. The average Bonchev–Trinajstić information content (AvgIpc) is 2.65. The van der Waals surface area contributed by atoms with E-state index in [1.54, 1.807) is 7.11 Å². The third kappa shape index (κ3) is 4.09.